The number of ether oxygens (including phenoxy) is 1. The lowest BCUT2D eigenvalue weighted by atomic mass is 10.0. The van der Waals surface area contributed by atoms with Gasteiger partial charge in [0.15, 0.2) is 5.96 Å². The van der Waals surface area contributed by atoms with E-state index in [4.69, 9.17) is 16.3 Å². The molecule has 156 valence electrons. The van der Waals surface area contributed by atoms with Crippen molar-refractivity contribution in [2.75, 3.05) is 46.4 Å². The second kappa shape index (κ2) is 10.7. The Hall–Kier alpha value is -1.03. The van der Waals surface area contributed by atoms with E-state index in [1.54, 1.807) is 0 Å². The second-order valence-corrected chi connectivity index (χ2v) is 7.95. The van der Waals surface area contributed by atoms with Gasteiger partial charge in [0.05, 0.1) is 13.2 Å². The van der Waals surface area contributed by atoms with Crippen LogP contribution in [0, 0.1) is 0 Å². The van der Waals surface area contributed by atoms with Gasteiger partial charge in [0.1, 0.15) is 0 Å². The molecular weight excluding hydrogens is 489 g/mol. The summed E-state index contributed by atoms with van der Waals surface area (Å²) in [5, 5.41) is 8.82. The van der Waals surface area contributed by atoms with Gasteiger partial charge in [0.25, 0.3) is 0 Å². The summed E-state index contributed by atoms with van der Waals surface area (Å²) in [5.74, 6) is 0.828. The van der Waals surface area contributed by atoms with Crippen molar-refractivity contribution < 1.29 is 4.74 Å². The first-order valence-corrected chi connectivity index (χ1v) is 9.90. The summed E-state index contributed by atoms with van der Waals surface area (Å²) in [6.07, 6.45) is 2.95. The zero-order valence-corrected chi connectivity index (χ0v) is 19.9. The van der Waals surface area contributed by atoms with Gasteiger partial charge < -0.3 is 20.4 Å². The Bertz CT molecular complexity index is 786. The lowest BCUT2D eigenvalue weighted by Gasteiger charge is -2.41. The minimum absolute atomic E-state index is 0. The first-order chi connectivity index (χ1) is 13.0. The highest BCUT2D eigenvalue weighted by atomic mass is 127. The molecule has 6 nitrogen and oxygen atoms in total. The Morgan fingerprint density at radius 1 is 1.29 bits per heavy atom. The number of guanidine groups is 1. The molecule has 1 fully saturated rings. The molecule has 8 heteroatoms. The summed E-state index contributed by atoms with van der Waals surface area (Å²) in [7, 11) is 1.81. The second-order valence-electron chi connectivity index (χ2n) is 7.52. The number of benzene rings is 1. The Kier molecular flexibility index (Phi) is 8.85. The monoisotopic (exact) mass is 519 g/mol. The molecule has 0 aliphatic carbocycles. The van der Waals surface area contributed by atoms with Crippen LogP contribution < -0.4 is 10.6 Å². The van der Waals surface area contributed by atoms with E-state index in [1.807, 2.05) is 25.2 Å². The molecule has 0 unspecified atom stereocenters. The number of aromatic amines is 1. The third-order valence-electron chi connectivity index (χ3n) is 5.20. The first kappa shape index (κ1) is 23.3. The fraction of sp³-hybridized carbons (Fsp3) is 0.550. The molecule has 2 heterocycles. The maximum atomic E-state index is 6.13. The standard InChI is InChI=1S/C20H30ClN5O.HI/c1-20(2,26-8-10-27-11-9-26)14-25-19(22-3)23-7-6-15-13-24-18-5-4-16(21)12-17(15)18;/h4-5,12-13,24H,6-11,14H2,1-3H3,(H2,22,23,25);1H. The van der Waals surface area contributed by atoms with Crippen LogP contribution in [0.15, 0.2) is 29.4 Å². The lowest BCUT2D eigenvalue weighted by Crippen LogP contribution is -2.56. The van der Waals surface area contributed by atoms with E-state index in [0.717, 1.165) is 62.3 Å². The van der Waals surface area contributed by atoms with Crippen molar-refractivity contribution >= 4 is 52.4 Å². The highest BCUT2D eigenvalue weighted by molar-refractivity contribution is 14.0. The Morgan fingerprint density at radius 2 is 2.04 bits per heavy atom. The zero-order chi connectivity index (χ0) is 19.3. The van der Waals surface area contributed by atoms with Crippen LogP contribution in [0.3, 0.4) is 0 Å². The van der Waals surface area contributed by atoms with Crippen LogP contribution in [0.1, 0.15) is 19.4 Å². The average Bonchev–Trinajstić information content (AvgIpc) is 3.07. The summed E-state index contributed by atoms with van der Waals surface area (Å²) in [6.45, 7) is 9.72. The quantitative estimate of drug-likeness (QED) is 0.311. The number of aliphatic imine (C=N–C) groups is 1. The van der Waals surface area contributed by atoms with E-state index >= 15 is 0 Å². The molecule has 0 amide bonds. The number of aromatic nitrogens is 1. The highest BCUT2D eigenvalue weighted by Crippen LogP contribution is 2.22. The van der Waals surface area contributed by atoms with Crippen LogP contribution in [-0.2, 0) is 11.2 Å². The van der Waals surface area contributed by atoms with Gasteiger partial charge in [0, 0.05) is 60.9 Å². The molecule has 2 aromatic rings. The van der Waals surface area contributed by atoms with Crippen LogP contribution in [-0.4, -0.2) is 67.8 Å². The Balaban J connectivity index is 0.00000280. The van der Waals surface area contributed by atoms with Crippen LogP contribution in [0.2, 0.25) is 5.02 Å². The molecule has 1 saturated heterocycles. The van der Waals surface area contributed by atoms with E-state index < -0.39 is 0 Å². The summed E-state index contributed by atoms with van der Waals surface area (Å²) in [4.78, 5) is 10.1. The van der Waals surface area contributed by atoms with Gasteiger partial charge in [0.2, 0.25) is 0 Å². The largest absolute Gasteiger partial charge is 0.379 e. The molecule has 0 saturated carbocycles. The van der Waals surface area contributed by atoms with E-state index in [1.165, 1.54) is 10.9 Å². The third-order valence-corrected chi connectivity index (χ3v) is 5.43. The molecule has 0 spiro atoms. The normalized spacial score (nSPS) is 16.1. The van der Waals surface area contributed by atoms with Crippen LogP contribution in [0.25, 0.3) is 10.9 Å². The SMILES string of the molecule is CN=C(NCCc1c[nH]c2ccc(Cl)cc12)NCC(C)(C)N1CCOCC1.I. The highest BCUT2D eigenvalue weighted by Gasteiger charge is 2.28. The summed E-state index contributed by atoms with van der Waals surface area (Å²) < 4.78 is 5.46. The van der Waals surface area contributed by atoms with Crippen LogP contribution in [0.4, 0.5) is 0 Å². The number of nitrogens with zero attached hydrogens (tertiary/aromatic N) is 2. The van der Waals surface area contributed by atoms with Crippen molar-refractivity contribution in [1.82, 2.24) is 20.5 Å². The fourth-order valence-corrected chi connectivity index (χ4v) is 3.65. The van der Waals surface area contributed by atoms with Crippen molar-refractivity contribution in [3.63, 3.8) is 0 Å². The molecular formula is C20H31ClIN5O. The number of hydrogen-bond acceptors (Lipinski definition) is 3. The van der Waals surface area contributed by atoms with Crippen molar-refractivity contribution in [2.24, 2.45) is 4.99 Å². The average molecular weight is 520 g/mol. The predicted octanol–water partition coefficient (Wildman–Crippen LogP) is 3.26. The van der Waals surface area contributed by atoms with Gasteiger partial charge in [-0.15, -0.1) is 24.0 Å². The molecule has 28 heavy (non-hydrogen) atoms. The molecule has 1 aliphatic heterocycles. The number of halogens is 2. The number of morpholine rings is 1. The predicted molar refractivity (Wildman–Crippen MR) is 128 cm³/mol. The van der Waals surface area contributed by atoms with Gasteiger partial charge in [-0.3, -0.25) is 9.89 Å². The minimum atomic E-state index is 0. The molecule has 0 radical (unpaired) electrons. The van der Waals surface area contributed by atoms with Gasteiger partial charge >= 0.3 is 0 Å². The molecule has 0 bridgehead atoms. The van der Waals surface area contributed by atoms with E-state index in [0.29, 0.717) is 0 Å². The smallest absolute Gasteiger partial charge is 0.191 e. The van der Waals surface area contributed by atoms with Crippen molar-refractivity contribution in [3.8, 4) is 0 Å². The number of H-pyrrole nitrogens is 1. The van der Waals surface area contributed by atoms with E-state index in [-0.39, 0.29) is 29.5 Å². The molecule has 3 N–H and O–H groups in total. The summed E-state index contributed by atoms with van der Waals surface area (Å²) in [5.41, 5.74) is 2.42. The van der Waals surface area contributed by atoms with Gasteiger partial charge in [-0.1, -0.05) is 11.6 Å². The molecule has 1 aliphatic rings. The van der Waals surface area contributed by atoms with Gasteiger partial charge in [-0.05, 0) is 44.0 Å². The van der Waals surface area contributed by atoms with Crippen LogP contribution >= 0.6 is 35.6 Å². The molecule has 0 atom stereocenters. The van der Waals surface area contributed by atoms with Crippen molar-refractivity contribution in [2.45, 2.75) is 25.8 Å². The first-order valence-electron chi connectivity index (χ1n) is 9.52. The molecule has 3 rings (SSSR count). The van der Waals surface area contributed by atoms with Crippen molar-refractivity contribution in [3.05, 3.63) is 35.0 Å². The Labute approximate surface area is 189 Å². The fourth-order valence-electron chi connectivity index (χ4n) is 3.47. The minimum Gasteiger partial charge on any atom is -0.379 e. The summed E-state index contributed by atoms with van der Waals surface area (Å²) >= 11 is 6.13. The number of hydrogen-bond donors (Lipinski definition) is 3. The van der Waals surface area contributed by atoms with E-state index in [9.17, 15) is 0 Å². The van der Waals surface area contributed by atoms with Gasteiger partial charge in [-0.25, -0.2) is 0 Å². The van der Waals surface area contributed by atoms with E-state index in [2.05, 4.69) is 45.6 Å². The van der Waals surface area contributed by atoms with Crippen molar-refractivity contribution in [1.29, 1.82) is 0 Å². The molecule has 1 aromatic heterocycles. The maximum absolute atomic E-state index is 6.13. The maximum Gasteiger partial charge on any atom is 0.191 e. The Morgan fingerprint density at radius 3 is 2.75 bits per heavy atom. The number of rotatable bonds is 6. The zero-order valence-electron chi connectivity index (χ0n) is 16.8. The number of fused-ring (bicyclic) bond motifs is 1. The topological polar surface area (TPSA) is 64.7 Å². The number of nitrogens with one attached hydrogen (secondary N) is 3. The lowest BCUT2D eigenvalue weighted by molar-refractivity contribution is -0.00833. The van der Waals surface area contributed by atoms with Gasteiger partial charge in [-0.2, -0.15) is 0 Å². The third kappa shape index (κ3) is 5.98. The molecule has 1 aromatic carbocycles. The summed E-state index contributed by atoms with van der Waals surface area (Å²) in [6, 6.07) is 5.94. The van der Waals surface area contributed by atoms with Crippen LogP contribution in [0.5, 0.6) is 0 Å².